The summed E-state index contributed by atoms with van der Waals surface area (Å²) in [7, 11) is 0. The van der Waals surface area contributed by atoms with Gasteiger partial charge in [-0.25, -0.2) is 4.79 Å². The molecular weight excluding hydrogens is 288 g/mol. The largest absolute Gasteiger partial charge is 0.456 e. The first-order chi connectivity index (χ1) is 10.8. The highest BCUT2D eigenvalue weighted by atomic mass is 16.6. The Morgan fingerprint density at radius 2 is 2.09 bits per heavy atom. The molecule has 1 fully saturated rings. The summed E-state index contributed by atoms with van der Waals surface area (Å²) in [6.45, 7) is 10.0. The zero-order valence-corrected chi connectivity index (χ0v) is 14.3. The number of aromatic nitrogens is 1. The molecule has 0 unspecified atom stereocenters. The van der Waals surface area contributed by atoms with Crippen LogP contribution in [0, 0.1) is 5.92 Å². The number of carbonyl (C=O) groups excluding carboxylic acids is 1. The summed E-state index contributed by atoms with van der Waals surface area (Å²) < 4.78 is 5.53. The van der Waals surface area contributed by atoms with E-state index in [0.29, 0.717) is 11.5 Å². The topological polar surface area (TPSA) is 42.4 Å². The van der Waals surface area contributed by atoms with E-state index in [0.717, 1.165) is 29.7 Å². The maximum atomic E-state index is 12.5. The Morgan fingerprint density at radius 1 is 1.30 bits per heavy atom. The molecule has 0 radical (unpaired) electrons. The van der Waals surface area contributed by atoms with Gasteiger partial charge in [0.05, 0.1) is 11.1 Å². The van der Waals surface area contributed by atoms with E-state index >= 15 is 0 Å². The first-order valence-corrected chi connectivity index (χ1v) is 8.20. The molecule has 0 amide bonds. The summed E-state index contributed by atoms with van der Waals surface area (Å²) in [5.74, 6) is 0.418. The normalized spacial score (nSPS) is 18.4. The summed E-state index contributed by atoms with van der Waals surface area (Å²) in [4.78, 5) is 19.2. The van der Waals surface area contributed by atoms with Crippen molar-refractivity contribution in [2.45, 2.75) is 39.7 Å². The Bertz CT molecular complexity index is 734. The van der Waals surface area contributed by atoms with Crippen molar-refractivity contribution >= 4 is 22.6 Å². The van der Waals surface area contributed by atoms with Crippen LogP contribution in [-0.4, -0.2) is 29.6 Å². The highest BCUT2D eigenvalue weighted by Crippen LogP contribution is 2.28. The SMILES string of the molecule is C[C@H]1CCN(c2ccc3nccc(C(=O)OC(C)(C)C)c3c2)C1. The van der Waals surface area contributed by atoms with E-state index < -0.39 is 5.60 Å². The smallest absolute Gasteiger partial charge is 0.339 e. The second kappa shape index (κ2) is 5.84. The first kappa shape index (κ1) is 15.8. The van der Waals surface area contributed by atoms with Crippen molar-refractivity contribution in [3.8, 4) is 0 Å². The molecule has 0 spiro atoms. The summed E-state index contributed by atoms with van der Waals surface area (Å²) in [6, 6.07) is 7.89. The standard InChI is InChI=1S/C19H24N2O2/c1-13-8-10-21(12-13)14-5-6-17-16(11-14)15(7-9-20-17)18(22)23-19(2,3)4/h5-7,9,11,13H,8,10,12H2,1-4H3/t13-/m0/s1. The van der Waals surface area contributed by atoms with Crippen LogP contribution in [0.3, 0.4) is 0 Å². The number of carbonyl (C=O) groups is 1. The van der Waals surface area contributed by atoms with Gasteiger partial charge in [0, 0.05) is 30.4 Å². The zero-order chi connectivity index (χ0) is 16.6. The van der Waals surface area contributed by atoms with E-state index in [1.807, 2.05) is 26.8 Å². The molecule has 122 valence electrons. The van der Waals surface area contributed by atoms with Gasteiger partial charge < -0.3 is 9.64 Å². The van der Waals surface area contributed by atoms with E-state index in [4.69, 9.17) is 4.74 Å². The number of hydrogen-bond donors (Lipinski definition) is 0. The van der Waals surface area contributed by atoms with Gasteiger partial charge in [0.1, 0.15) is 5.60 Å². The van der Waals surface area contributed by atoms with Crippen LogP contribution in [0.25, 0.3) is 10.9 Å². The minimum atomic E-state index is -0.505. The molecule has 1 aliphatic rings. The Kier molecular flexibility index (Phi) is 4.00. The maximum Gasteiger partial charge on any atom is 0.339 e. The van der Waals surface area contributed by atoms with Crippen LogP contribution in [0.2, 0.25) is 0 Å². The molecule has 23 heavy (non-hydrogen) atoms. The van der Waals surface area contributed by atoms with Crippen molar-refractivity contribution in [3.63, 3.8) is 0 Å². The predicted molar refractivity (Wildman–Crippen MR) is 92.9 cm³/mol. The Labute approximate surface area is 137 Å². The van der Waals surface area contributed by atoms with E-state index in [1.165, 1.54) is 6.42 Å². The van der Waals surface area contributed by atoms with Gasteiger partial charge in [-0.05, 0) is 57.4 Å². The molecule has 2 heterocycles. The van der Waals surface area contributed by atoms with Gasteiger partial charge in [0.2, 0.25) is 0 Å². The van der Waals surface area contributed by atoms with Crippen molar-refractivity contribution in [2.24, 2.45) is 5.92 Å². The number of rotatable bonds is 2. The van der Waals surface area contributed by atoms with Crippen LogP contribution in [0.15, 0.2) is 30.5 Å². The molecule has 4 heteroatoms. The van der Waals surface area contributed by atoms with E-state index in [2.05, 4.69) is 28.9 Å². The van der Waals surface area contributed by atoms with Gasteiger partial charge in [-0.15, -0.1) is 0 Å². The fourth-order valence-electron chi connectivity index (χ4n) is 3.01. The van der Waals surface area contributed by atoms with Gasteiger partial charge in [-0.1, -0.05) is 6.92 Å². The van der Waals surface area contributed by atoms with Crippen molar-refractivity contribution in [1.29, 1.82) is 0 Å². The number of ether oxygens (including phenoxy) is 1. The molecule has 1 aromatic carbocycles. The molecule has 0 saturated carbocycles. The average Bonchev–Trinajstić information content (AvgIpc) is 2.91. The van der Waals surface area contributed by atoms with Gasteiger partial charge >= 0.3 is 5.97 Å². The number of fused-ring (bicyclic) bond motifs is 1. The lowest BCUT2D eigenvalue weighted by molar-refractivity contribution is 0.00718. The Hall–Kier alpha value is -2.10. The second-order valence-corrected chi connectivity index (χ2v) is 7.40. The highest BCUT2D eigenvalue weighted by molar-refractivity contribution is 6.04. The molecular formula is C19H24N2O2. The van der Waals surface area contributed by atoms with Crippen LogP contribution in [0.5, 0.6) is 0 Å². The molecule has 4 nitrogen and oxygen atoms in total. The first-order valence-electron chi connectivity index (χ1n) is 8.20. The van der Waals surface area contributed by atoms with Crippen molar-refractivity contribution in [2.75, 3.05) is 18.0 Å². The number of benzene rings is 1. The molecule has 0 bridgehead atoms. The molecule has 2 aromatic rings. The van der Waals surface area contributed by atoms with E-state index in [1.54, 1.807) is 12.3 Å². The average molecular weight is 312 g/mol. The number of esters is 1. The van der Waals surface area contributed by atoms with Crippen molar-refractivity contribution in [1.82, 2.24) is 4.98 Å². The summed E-state index contributed by atoms with van der Waals surface area (Å²) in [6.07, 6.45) is 2.88. The number of anilines is 1. The molecule has 1 aliphatic heterocycles. The van der Waals surface area contributed by atoms with Crippen LogP contribution >= 0.6 is 0 Å². The van der Waals surface area contributed by atoms with Gasteiger partial charge in [-0.2, -0.15) is 0 Å². The number of pyridine rings is 1. The molecule has 0 aliphatic carbocycles. The number of nitrogens with zero attached hydrogens (tertiary/aromatic N) is 2. The fourth-order valence-corrected chi connectivity index (χ4v) is 3.01. The second-order valence-electron chi connectivity index (χ2n) is 7.40. The summed E-state index contributed by atoms with van der Waals surface area (Å²) in [5.41, 5.74) is 2.05. The lowest BCUT2D eigenvalue weighted by Gasteiger charge is -2.21. The highest BCUT2D eigenvalue weighted by Gasteiger charge is 2.22. The quantitative estimate of drug-likeness (QED) is 0.785. The third kappa shape index (κ3) is 3.46. The lowest BCUT2D eigenvalue weighted by Crippen LogP contribution is -2.24. The van der Waals surface area contributed by atoms with E-state index in [-0.39, 0.29) is 5.97 Å². The lowest BCUT2D eigenvalue weighted by atomic mass is 10.1. The monoisotopic (exact) mass is 312 g/mol. The van der Waals surface area contributed by atoms with E-state index in [9.17, 15) is 4.79 Å². The molecule has 3 rings (SSSR count). The van der Waals surface area contributed by atoms with Crippen LogP contribution in [0.4, 0.5) is 5.69 Å². The van der Waals surface area contributed by atoms with Crippen LogP contribution in [0.1, 0.15) is 44.5 Å². The van der Waals surface area contributed by atoms with Crippen molar-refractivity contribution < 1.29 is 9.53 Å². The molecule has 1 saturated heterocycles. The van der Waals surface area contributed by atoms with Crippen LogP contribution in [-0.2, 0) is 4.74 Å². The minimum absolute atomic E-state index is 0.295. The predicted octanol–water partition coefficient (Wildman–Crippen LogP) is 4.04. The summed E-state index contributed by atoms with van der Waals surface area (Å²) in [5, 5.41) is 0.860. The molecule has 1 aromatic heterocycles. The number of hydrogen-bond acceptors (Lipinski definition) is 4. The van der Waals surface area contributed by atoms with Gasteiger partial charge in [0.15, 0.2) is 0 Å². The third-order valence-corrected chi connectivity index (χ3v) is 4.13. The Balaban J connectivity index is 2.00. The fraction of sp³-hybridized carbons (Fsp3) is 0.474. The maximum absolute atomic E-state index is 12.5. The third-order valence-electron chi connectivity index (χ3n) is 4.13. The minimum Gasteiger partial charge on any atom is -0.456 e. The van der Waals surface area contributed by atoms with Crippen molar-refractivity contribution in [3.05, 3.63) is 36.0 Å². The summed E-state index contributed by atoms with van der Waals surface area (Å²) >= 11 is 0. The van der Waals surface area contributed by atoms with Gasteiger partial charge in [-0.3, -0.25) is 4.98 Å². The zero-order valence-electron chi connectivity index (χ0n) is 14.3. The Morgan fingerprint density at radius 3 is 2.74 bits per heavy atom. The van der Waals surface area contributed by atoms with Gasteiger partial charge in [0.25, 0.3) is 0 Å². The molecule has 1 atom stereocenters. The van der Waals surface area contributed by atoms with Crippen LogP contribution < -0.4 is 4.90 Å². The molecule has 0 N–H and O–H groups in total.